The first-order chi connectivity index (χ1) is 9.12. The van der Waals surface area contributed by atoms with E-state index in [1.807, 2.05) is 0 Å². The van der Waals surface area contributed by atoms with Gasteiger partial charge in [-0.1, -0.05) is 12.1 Å². The molecular weight excluding hydrogens is 288 g/mol. The maximum absolute atomic E-state index is 13.8. The molecule has 0 unspecified atom stereocenters. The van der Waals surface area contributed by atoms with Gasteiger partial charge in [0.05, 0.1) is 21.8 Å². The Morgan fingerprint density at radius 1 is 1.40 bits per heavy atom. The number of halogens is 2. The fourth-order valence-corrected chi connectivity index (χ4v) is 2.27. The van der Waals surface area contributed by atoms with Crippen molar-refractivity contribution < 1.29 is 22.9 Å². The number of benzene rings is 1. The van der Waals surface area contributed by atoms with Crippen molar-refractivity contribution >= 4 is 17.0 Å². The van der Waals surface area contributed by atoms with Gasteiger partial charge in [-0.15, -0.1) is 0 Å². The molecule has 0 bridgehead atoms. The third-order valence-corrected chi connectivity index (χ3v) is 4.11. The molecule has 0 saturated carbocycles. The zero-order valence-corrected chi connectivity index (χ0v) is 12.2. The van der Waals surface area contributed by atoms with Gasteiger partial charge in [-0.3, -0.25) is 0 Å². The number of aliphatic carboxylic acids is 1. The number of nitrogens with one attached hydrogen (secondary N) is 1. The van der Waals surface area contributed by atoms with Crippen LogP contribution in [0.2, 0.25) is 0 Å². The van der Waals surface area contributed by atoms with Crippen molar-refractivity contribution in [3.8, 4) is 0 Å². The smallest absolute Gasteiger partial charge is 0.340 e. The Morgan fingerprint density at radius 3 is 2.45 bits per heavy atom. The molecule has 0 aliphatic carbocycles. The Balaban J connectivity index is 3.10. The number of carboxylic acids is 1. The zero-order valence-electron chi connectivity index (χ0n) is 11.4. The Bertz CT molecular complexity index is 517. The monoisotopic (exact) mass is 305 g/mol. The number of rotatable bonds is 5. The number of alkyl halides is 1. The molecule has 112 valence electrons. The Kier molecular flexibility index (Phi) is 5.35. The zero-order chi connectivity index (χ0) is 15.5. The molecule has 0 amide bonds. The van der Waals surface area contributed by atoms with Crippen LogP contribution in [0.4, 0.5) is 8.78 Å². The average molecular weight is 305 g/mol. The van der Waals surface area contributed by atoms with E-state index in [2.05, 4.69) is 4.72 Å². The van der Waals surface area contributed by atoms with E-state index < -0.39 is 39.7 Å². The van der Waals surface area contributed by atoms with E-state index >= 15 is 0 Å². The van der Waals surface area contributed by atoms with Crippen LogP contribution in [0, 0.1) is 5.82 Å². The summed E-state index contributed by atoms with van der Waals surface area (Å²) in [6.07, 6.45) is -2.33. The molecule has 1 aromatic carbocycles. The van der Waals surface area contributed by atoms with E-state index in [4.69, 9.17) is 5.11 Å². The number of hydrogen-bond acceptors (Lipinski definition) is 2. The molecule has 1 aromatic rings. The highest BCUT2D eigenvalue weighted by atomic mass is 32.2. The molecule has 0 spiro atoms. The van der Waals surface area contributed by atoms with E-state index in [1.165, 1.54) is 12.1 Å². The summed E-state index contributed by atoms with van der Waals surface area (Å²) >= 11 is 0. The van der Waals surface area contributed by atoms with Gasteiger partial charge >= 0.3 is 5.97 Å². The lowest BCUT2D eigenvalue weighted by Gasteiger charge is -2.25. The summed E-state index contributed by atoms with van der Waals surface area (Å²) in [6.45, 7) is 4.98. The highest BCUT2D eigenvalue weighted by Gasteiger charge is 2.33. The Labute approximate surface area is 118 Å². The molecule has 0 aliphatic rings. The molecule has 0 fully saturated rings. The van der Waals surface area contributed by atoms with Gasteiger partial charge in [0.25, 0.3) is 0 Å². The maximum atomic E-state index is 13.8. The van der Waals surface area contributed by atoms with Crippen LogP contribution in [-0.4, -0.2) is 26.2 Å². The second-order valence-electron chi connectivity index (χ2n) is 5.27. The van der Waals surface area contributed by atoms with Crippen LogP contribution in [0.15, 0.2) is 24.3 Å². The summed E-state index contributed by atoms with van der Waals surface area (Å²) < 4.78 is 40.8. The van der Waals surface area contributed by atoms with Crippen LogP contribution in [0.25, 0.3) is 0 Å². The fraction of sp³-hybridized carbons (Fsp3) is 0.462. The second-order valence-corrected chi connectivity index (χ2v) is 7.27. The minimum Gasteiger partial charge on any atom is -0.479 e. The Hall–Kier alpha value is -1.34. The molecule has 3 atom stereocenters. The van der Waals surface area contributed by atoms with E-state index in [9.17, 15) is 17.8 Å². The van der Waals surface area contributed by atoms with Gasteiger partial charge in [0.15, 0.2) is 0 Å². The van der Waals surface area contributed by atoms with Crippen LogP contribution < -0.4 is 4.72 Å². The van der Waals surface area contributed by atoms with Crippen molar-refractivity contribution in [1.29, 1.82) is 0 Å². The first-order valence-electron chi connectivity index (χ1n) is 5.93. The molecule has 20 heavy (non-hydrogen) atoms. The predicted octanol–water partition coefficient (Wildman–Crippen LogP) is 2.34. The third-order valence-electron chi connectivity index (χ3n) is 2.53. The summed E-state index contributed by atoms with van der Waals surface area (Å²) in [5.41, 5.74) is 0.0949. The van der Waals surface area contributed by atoms with E-state index in [-0.39, 0.29) is 5.56 Å². The van der Waals surface area contributed by atoms with E-state index in [0.29, 0.717) is 0 Å². The summed E-state index contributed by atoms with van der Waals surface area (Å²) in [5.74, 6) is -2.31. The Morgan fingerprint density at radius 2 is 2.00 bits per heavy atom. The van der Waals surface area contributed by atoms with Gasteiger partial charge in [0.1, 0.15) is 5.82 Å². The number of carboxylic acid groups (broad SMARTS) is 1. The van der Waals surface area contributed by atoms with Crippen LogP contribution in [0.1, 0.15) is 32.4 Å². The van der Waals surface area contributed by atoms with Gasteiger partial charge < -0.3 is 5.11 Å². The third kappa shape index (κ3) is 4.35. The van der Waals surface area contributed by atoms with Crippen molar-refractivity contribution in [1.82, 2.24) is 4.72 Å². The van der Waals surface area contributed by atoms with Crippen LogP contribution in [-0.2, 0) is 15.8 Å². The van der Waals surface area contributed by atoms with Gasteiger partial charge in [-0.2, -0.15) is 0 Å². The molecule has 0 heterocycles. The molecule has 1 rings (SSSR count). The molecule has 0 aromatic heterocycles. The summed E-state index contributed by atoms with van der Waals surface area (Å²) in [6, 6.07) is 3.52. The second kappa shape index (κ2) is 6.41. The molecule has 0 aliphatic heterocycles. The van der Waals surface area contributed by atoms with Crippen LogP contribution in [0.5, 0.6) is 0 Å². The standard InChI is InChI=1S/C13H17F2NO3S/c1-13(2,3)20(19)16-11(10(15)12(17)18)8-5-4-6-9(14)7-8/h4-7,10-11,16H,1-3H3,(H,17,18)/t10-,11-,20+/m0/s1. The first kappa shape index (κ1) is 16.7. The van der Waals surface area contributed by atoms with Gasteiger partial charge in [0.2, 0.25) is 6.17 Å². The lowest BCUT2D eigenvalue weighted by Crippen LogP contribution is -2.41. The lowest BCUT2D eigenvalue weighted by atomic mass is 10.0. The molecular formula is C13H17F2NO3S. The van der Waals surface area contributed by atoms with Gasteiger partial charge in [0, 0.05) is 0 Å². The van der Waals surface area contributed by atoms with Gasteiger partial charge in [-0.05, 0) is 38.5 Å². The fourth-order valence-electron chi connectivity index (χ4n) is 1.43. The highest BCUT2D eigenvalue weighted by Crippen LogP contribution is 2.23. The minimum absolute atomic E-state index is 0.0949. The maximum Gasteiger partial charge on any atom is 0.340 e. The molecule has 0 saturated heterocycles. The first-order valence-corrected chi connectivity index (χ1v) is 7.08. The molecule has 7 heteroatoms. The van der Waals surface area contributed by atoms with Crippen molar-refractivity contribution in [3.63, 3.8) is 0 Å². The summed E-state index contributed by atoms with van der Waals surface area (Å²) in [7, 11) is -1.69. The molecule has 2 N–H and O–H groups in total. The van der Waals surface area contributed by atoms with Crippen molar-refractivity contribution in [2.75, 3.05) is 0 Å². The van der Waals surface area contributed by atoms with Crippen LogP contribution >= 0.6 is 0 Å². The quantitative estimate of drug-likeness (QED) is 0.877. The van der Waals surface area contributed by atoms with Crippen molar-refractivity contribution in [2.24, 2.45) is 0 Å². The lowest BCUT2D eigenvalue weighted by molar-refractivity contribution is -0.143. The number of hydrogen-bond donors (Lipinski definition) is 2. The summed E-state index contributed by atoms with van der Waals surface area (Å²) in [4.78, 5) is 10.8. The van der Waals surface area contributed by atoms with Crippen molar-refractivity contribution in [3.05, 3.63) is 35.6 Å². The topological polar surface area (TPSA) is 66.4 Å². The molecule has 0 radical (unpaired) electrons. The number of carbonyl (C=O) groups is 1. The highest BCUT2D eigenvalue weighted by molar-refractivity contribution is 7.84. The van der Waals surface area contributed by atoms with Crippen LogP contribution in [0.3, 0.4) is 0 Å². The van der Waals surface area contributed by atoms with E-state index in [0.717, 1.165) is 12.1 Å². The largest absolute Gasteiger partial charge is 0.479 e. The average Bonchev–Trinajstić information content (AvgIpc) is 2.33. The summed E-state index contributed by atoms with van der Waals surface area (Å²) in [5, 5.41) is 8.79. The minimum atomic E-state index is -2.33. The van der Waals surface area contributed by atoms with Crippen molar-refractivity contribution in [2.45, 2.75) is 37.7 Å². The normalized spacial score (nSPS) is 16.4. The van der Waals surface area contributed by atoms with E-state index in [1.54, 1.807) is 20.8 Å². The van der Waals surface area contributed by atoms with Gasteiger partial charge in [-0.25, -0.2) is 22.5 Å². The predicted molar refractivity (Wildman–Crippen MR) is 72.7 cm³/mol. The SMILES string of the molecule is CC(C)(C)[S@@](=O)N[C@@H](c1cccc(F)c1)[C@H](F)C(=O)O. The molecule has 4 nitrogen and oxygen atoms in total.